The molecular weight excluding hydrogens is 406 g/mol. The predicted molar refractivity (Wildman–Crippen MR) is 111 cm³/mol. The Balaban J connectivity index is 2.12. The second-order valence-electron chi connectivity index (χ2n) is 9.07. The Labute approximate surface area is 184 Å². The average molecular weight is 444 g/mol. The van der Waals surface area contributed by atoms with Crippen LogP contribution in [0.5, 0.6) is 0 Å². The summed E-state index contributed by atoms with van der Waals surface area (Å²) in [5, 5.41) is 0. The number of likely N-dealkylation sites (tertiary alicyclic amines) is 1. The maximum atomic E-state index is 12.5. The fraction of sp³-hybridized carbons (Fsp3) is 0.864. The molecule has 9 heteroatoms. The summed E-state index contributed by atoms with van der Waals surface area (Å²) in [5.41, 5.74) is -0.678. The molecule has 2 fully saturated rings. The zero-order valence-corrected chi connectivity index (χ0v) is 19.4. The third kappa shape index (κ3) is 7.43. The fourth-order valence-corrected chi connectivity index (χ4v) is 3.90. The molecule has 1 aliphatic heterocycles. The van der Waals surface area contributed by atoms with Crippen molar-refractivity contribution in [3.63, 3.8) is 0 Å². The lowest BCUT2D eigenvalue weighted by Gasteiger charge is -2.42. The molecule has 0 spiro atoms. The largest absolute Gasteiger partial charge is 0.466 e. The summed E-state index contributed by atoms with van der Waals surface area (Å²) >= 11 is 0. The molecule has 0 aromatic rings. The minimum absolute atomic E-state index is 0.158. The molecule has 0 bridgehead atoms. The summed E-state index contributed by atoms with van der Waals surface area (Å²) < 4.78 is 28.1. The topological polar surface area (TPSA) is 101 Å². The molecule has 1 saturated heterocycles. The second kappa shape index (κ2) is 11.2. The van der Waals surface area contributed by atoms with E-state index in [4.69, 9.17) is 23.7 Å². The van der Waals surface area contributed by atoms with E-state index in [1.54, 1.807) is 39.5 Å². The van der Waals surface area contributed by atoms with Crippen molar-refractivity contribution < 1.29 is 38.1 Å². The highest BCUT2D eigenvalue weighted by Gasteiger charge is 2.49. The van der Waals surface area contributed by atoms with Gasteiger partial charge in [-0.25, -0.2) is 9.69 Å². The van der Waals surface area contributed by atoms with E-state index >= 15 is 0 Å². The van der Waals surface area contributed by atoms with Gasteiger partial charge in [0.05, 0.1) is 18.6 Å². The van der Waals surface area contributed by atoms with E-state index in [1.807, 2.05) is 0 Å². The highest BCUT2D eigenvalue weighted by molar-refractivity contribution is 5.74. The Hall–Kier alpha value is -1.71. The number of carbonyl (C=O) groups excluding carboxylic acids is 3. The third-order valence-corrected chi connectivity index (χ3v) is 5.36. The number of hydrogen-bond acceptors (Lipinski definition) is 9. The SMILES string of the molecule is CCOC(=O)C1CCC(OC(OC=O)(OC(C)C(=O)OC(C)(C)C)N2CCCC2)CC1. The molecule has 2 unspecified atom stereocenters. The Kier molecular flexibility index (Phi) is 9.27. The second-order valence-corrected chi connectivity index (χ2v) is 9.07. The maximum Gasteiger partial charge on any atom is 0.402 e. The van der Waals surface area contributed by atoms with Crippen molar-refractivity contribution in [1.82, 2.24) is 4.90 Å². The van der Waals surface area contributed by atoms with Crippen molar-refractivity contribution in [2.45, 2.75) is 97.0 Å². The molecule has 1 aliphatic carbocycles. The van der Waals surface area contributed by atoms with Crippen LogP contribution in [0.25, 0.3) is 0 Å². The van der Waals surface area contributed by atoms with E-state index in [9.17, 15) is 14.4 Å². The van der Waals surface area contributed by atoms with Crippen LogP contribution in [0, 0.1) is 5.92 Å². The zero-order chi connectivity index (χ0) is 23.1. The van der Waals surface area contributed by atoms with Crippen LogP contribution in [-0.4, -0.2) is 66.9 Å². The highest BCUT2D eigenvalue weighted by atomic mass is 16.9. The lowest BCUT2D eigenvalue weighted by atomic mass is 9.87. The molecule has 2 rings (SSSR count). The lowest BCUT2D eigenvalue weighted by molar-refractivity contribution is -0.443. The molecule has 0 aromatic heterocycles. The third-order valence-electron chi connectivity index (χ3n) is 5.36. The highest BCUT2D eigenvalue weighted by Crippen LogP contribution is 2.34. The summed E-state index contributed by atoms with van der Waals surface area (Å²) in [6.07, 6.45) is 1.07. The van der Waals surface area contributed by atoms with Gasteiger partial charge in [0.2, 0.25) is 0 Å². The van der Waals surface area contributed by atoms with Crippen molar-refractivity contribution in [3.05, 3.63) is 0 Å². The fourth-order valence-electron chi connectivity index (χ4n) is 3.90. The van der Waals surface area contributed by atoms with Gasteiger partial charge >= 0.3 is 18.0 Å². The smallest absolute Gasteiger partial charge is 0.402 e. The van der Waals surface area contributed by atoms with Crippen LogP contribution in [0.15, 0.2) is 0 Å². The molecule has 1 heterocycles. The van der Waals surface area contributed by atoms with E-state index in [-0.39, 0.29) is 24.5 Å². The molecule has 1 saturated carbocycles. The molecule has 2 atom stereocenters. The van der Waals surface area contributed by atoms with Gasteiger partial charge in [0, 0.05) is 13.1 Å². The quantitative estimate of drug-likeness (QED) is 0.218. The van der Waals surface area contributed by atoms with Gasteiger partial charge in [0.1, 0.15) is 5.60 Å². The maximum absolute atomic E-state index is 12.5. The summed E-state index contributed by atoms with van der Waals surface area (Å²) in [6.45, 7) is 10.5. The Bertz CT molecular complexity index is 605. The lowest BCUT2D eigenvalue weighted by Crippen LogP contribution is -2.58. The van der Waals surface area contributed by atoms with Crippen LogP contribution < -0.4 is 0 Å². The normalized spacial score (nSPS) is 25.3. The molecule has 0 radical (unpaired) electrons. The molecular formula is C22H37NO8. The standard InChI is InChI=1S/C22H37NO8/c1-6-27-20(26)17-9-11-18(12-10-17)30-22(28-15-24,23-13-7-8-14-23)29-16(2)19(25)31-21(3,4)5/h15-18H,6-14H2,1-5H3. The molecule has 9 nitrogen and oxygen atoms in total. The Morgan fingerprint density at radius 2 is 1.71 bits per heavy atom. The van der Waals surface area contributed by atoms with Gasteiger partial charge in [-0.15, -0.1) is 0 Å². The van der Waals surface area contributed by atoms with Crippen molar-refractivity contribution in [1.29, 1.82) is 0 Å². The first-order chi connectivity index (χ1) is 14.6. The number of nitrogens with zero attached hydrogens (tertiary/aromatic N) is 1. The van der Waals surface area contributed by atoms with E-state index < -0.39 is 23.8 Å². The van der Waals surface area contributed by atoms with Crippen molar-refractivity contribution in [2.24, 2.45) is 5.92 Å². The van der Waals surface area contributed by atoms with E-state index in [0.29, 0.717) is 45.4 Å². The average Bonchev–Trinajstić information content (AvgIpc) is 3.23. The predicted octanol–water partition coefficient (Wildman–Crippen LogP) is 2.75. The van der Waals surface area contributed by atoms with E-state index in [0.717, 1.165) is 12.8 Å². The van der Waals surface area contributed by atoms with Crippen molar-refractivity contribution in [2.75, 3.05) is 19.7 Å². The van der Waals surface area contributed by atoms with E-state index in [1.165, 1.54) is 0 Å². The van der Waals surface area contributed by atoms with Crippen molar-refractivity contribution in [3.8, 4) is 0 Å². The molecule has 31 heavy (non-hydrogen) atoms. The van der Waals surface area contributed by atoms with Gasteiger partial charge in [0.15, 0.2) is 6.10 Å². The number of ether oxygens (including phenoxy) is 5. The minimum Gasteiger partial charge on any atom is -0.466 e. The molecule has 0 aromatic carbocycles. The molecule has 0 amide bonds. The number of esters is 2. The van der Waals surface area contributed by atoms with Gasteiger partial charge in [-0.05, 0) is 73.1 Å². The number of hydrogen-bond donors (Lipinski definition) is 0. The van der Waals surface area contributed by atoms with Gasteiger partial charge in [0.25, 0.3) is 6.47 Å². The monoisotopic (exact) mass is 443 g/mol. The molecule has 0 N–H and O–H groups in total. The van der Waals surface area contributed by atoms with Crippen LogP contribution in [-0.2, 0) is 38.1 Å². The van der Waals surface area contributed by atoms with Crippen LogP contribution >= 0.6 is 0 Å². The van der Waals surface area contributed by atoms with Gasteiger partial charge in [-0.2, -0.15) is 0 Å². The van der Waals surface area contributed by atoms with Crippen LogP contribution in [0.3, 0.4) is 0 Å². The van der Waals surface area contributed by atoms with Crippen LogP contribution in [0.1, 0.15) is 73.1 Å². The van der Waals surface area contributed by atoms with Gasteiger partial charge in [-0.1, -0.05) is 0 Å². The summed E-state index contributed by atoms with van der Waals surface area (Å²) in [6, 6.07) is 0. The number of carbonyl (C=O) groups is 3. The Morgan fingerprint density at radius 3 is 2.23 bits per heavy atom. The summed E-state index contributed by atoms with van der Waals surface area (Å²) in [7, 11) is 0. The van der Waals surface area contributed by atoms with Crippen LogP contribution in [0.2, 0.25) is 0 Å². The first kappa shape index (κ1) is 25.5. The first-order valence-electron chi connectivity index (χ1n) is 11.2. The van der Waals surface area contributed by atoms with Crippen molar-refractivity contribution >= 4 is 18.4 Å². The van der Waals surface area contributed by atoms with Crippen LogP contribution in [0.4, 0.5) is 0 Å². The molecule has 178 valence electrons. The van der Waals surface area contributed by atoms with Gasteiger partial charge in [-0.3, -0.25) is 14.3 Å². The van der Waals surface area contributed by atoms with E-state index in [2.05, 4.69) is 0 Å². The van der Waals surface area contributed by atoms with Gasteiger partial charge < -0.3 is 18.9 Å². The zero-order valence-electron chi connectivity index (χ0n) is 19.4. The number of rotatable bonds is 10. The first-order valence-corrected chi connectivity index (χ1v) is 11.2. The summed E-state index contributed by atoms with van der Waals surface area (Å²) in [4.78, 5) is 37.7. The molecule has 2 aliphatic rings. The summed E-state index contributed by atoms with van der Waals surface area (Å²) in [5.74, 6) is -0.916. The Morgan fingerprint density at radius 1 is 1.10 bits per heavy atom. The minimum atomic E-state index is -1.81.